The van der Waals surface area contributed by atoms with Crippen molar-refractivity contribution in [2.75, 3.05) is 52.4 Å². The number of piperazine rings is 1. The summed E-state index contributed by atoms with van der Waals surface area (Å²) < 4.78 is 0. The Balaban J connectivity index is 1.66. The van der Waals surface area contributed by atoms with Gasteiger partial charge in [0.15, 0.2) is 0 Å². The Morgan fingerprint density at radius 2 is 1.94 bits per heavy atom. The average Bonchev–Trinajstić information content (AvgIpc) is 2.73. The van der Waals surface area contributed by atoms with Gasteiger partial charge in [0.2, 0.25) is 0 Å². The van der Waals surface area contributed by atoms with Gasteiger partial charge in [0.05, 0.1) is 0 Å². The van der Waals surface area contributed by atoms with Gasteiger partial charge in [-0.25, -0.2) is 4.79 Å². The van der Waals surface area contributed by atoms with E-state index in [1.165, 1.54) is 0 Å². The Morgan fingerprint density at radius 1 is 1.24 bits per heavy atom. The first-order valence-electron chi connectivity index (χ1n) is 6.34. The smallest absolute Gasteiger partial charge is 0.376 e. The highest BCUT2D eigenvalue weighted by Gasteiger charge is 2.24. The zero-order valence-electron chi connectivity index (χ0n) is 10.4. The molecule has 2 N–H and O–H groups in total. The first-order chi connectivity index (χ1) is 8.16. The van der Waals surface area contributed by atoms with Crippen LogP contribution in [-0.4, -0.2) is 85.1 Å². The number of hydrogen-bond donors (Lipinski definition) is 2. The second kappa shape index (κ2) is 5.70. The van der Waals surface area contributed by atoms with E-state index in [4.69, 9.17) is 0 Å². The molecule has 0 atom stereocenters. The lowest BCUT2D eigenvalue weighted by molar-refractivity contribution is 0.159. The quantitative estimate of drug-likeness (QED) is 0.602. The molecule has 2 rings (SSSR count). The van der Waals surface area contributed by atoms with E-state index >= 15 is 0 Å². The van der Waals surface area contributed by atoms with E-state index < -0.39 is 0 Å². The van der Waals surface area contributed by atoms with Crippen molar-refractivity contribution in [2.45, 2.75) is 6.82 Å². The van der Waals surface area contributed by atoms with Crippen LogP contribution in [0.3, 0.4) is 0 Å². The molecule has 2 saturated heterocycles. The van der Waals surface area contributed by atoms with Gasteiger partial charge in [-0.05, 0) is 6.82 Å². The van der Waals surface area contributed by atoms with Gasteiger partial charge >= 0.3 is 13.1 Å². The number of urea groups is 1. The Labute approximate surface area is 103 Å². The number of nitrogens with zero attached hydrogens (tertiary/aromatic N) is 3. The van der Waals surface area contributed by atoms with Crippen molar-refractivity contribution in [2.24, 2.45) is 0 Å². The van der Waals surface area contributed by atoms with E-state index in [0.717, 1.165) is 52.4 Å². The molecular weight excluding hydrogens is 219 g/mol. The lowest BCUT2D eigenvalue weighted by Crippen LogP contribution is -2.52. The van der Waals surface area contributed by atoms with Crippen molar-refractivity contribution in [1.82, 2.24) is 19.9 Å². The summed E-state index contributed by atoms with van der Waals surface area (Å²) in [7, 11) is -0.346. The van der Waals surface area contributed by atoms with Crippen LogP contribution in [0, 0.1) is 0 Å². The second-order valence-corrected chi connectivity index (χ2v) is 4.73. The molecule has 96 valence electrons. The zero-order valence-corrected chi connectivity index (χ0v) is 10.4. The maximum atomic E-state index is 11.3. The van der Waals surface area contributed by atoms with Crippen LogP contribution < -0.4 is 5.32 Å². The van der Waals surface area contributed by atoms with Crippen molar-refractivity contribution in [3.05, 3.63) is 0 Å². The number of amides is 2. The Kier molecular flexibility index (Phi) is 4.25. The fourth-order valence-electron chi connectivity index (χ4n) is 2.35. The van der Waals surface area contributed by atoms with E-state index in [2.05, 4.69) is 15.0 Å². The summed E-state index contributed by atoms with van der Waals surface area (Å²) in [6, 6.07) is 0.0626. The third-order valence-electron chi connectivity index (χ3n) is 3.57. The minimum Gasteiger partial charge on any atom is -0.437 e. The summed E-state index contributed by atoms with van der Waals surface area (Å²) in [5.41, 5.74) is 0. The van der Waals surface area contributed by atoms with Gasteiger partial charge in [-0.2, -0.15) is 0 Å². The van der Waals surface area contributed by atoms with Crippen LogP contribution in [0.4, 0.5) is 4.79 Å². The Hall–Kier alpha value is -0.785. The SMILES string of the molecule is CB(O)N1CCN(CCN2CCNC2=O)CC1. The first kappa shape index (κ1) is 12.7. The largest absolute Gasteiger partial charge is 0.437 e. The molecule has 2 aliphatic heterocycles. The molecule has 17 heavy (non-hydrogen) atoms. The minimum atomic E-state index is -0.346. The number of rotatable bonds is 4. The van der Waals surface area contributed by atoms with Crippen molar-refractivity contribution < 1.29 is 9.82 Å². The van der Waals surface area contributed by atoms with Crippen LogP contribution in [0.25, 0.3) is 0 Å². The molecule has 0 bridgehead atoms. The molecule has 6 nitrogen and oxygen atoms in total. The van der Waals surface area contributed by atoms with Crippen LogP contribution in [0.2, 0.25) is 6.82 Å². The summed E-state index contributed by atoms with van der Waals surface area (Å²) in [6.07, 6.45) is 0. The van der Waals surface area contributed by atoms with Crippen LogP contribution in [0.15, 0.2) is 0 Å². The summed E-state index contributed by atoms with van der Waals surface area (Å²) >= 11 is 0. The van der Waals surface area contributed by atoms with E-state index in [9.17, 15) is 9.82 Å². The highest BCUT2D eigenvalue weighted by Crippen LogP contribution is 2.04. The fourth-order valence-corrected chi connectivity index (χ4v) is 2.35. The van der Waals surface area contributed by atoms with Crippen LogP contribution in [0.1, 0.15) is 0 Å². The lowest BCUT2D eigenvalue weighted by atomic mass is 9.84. The Bertz CT molecular complexity index is 269. The normalized spacial score (nSPS) is 22.9. The van der Waals surface area contributed by atoms with Crippen LogP contribution in [0.5, 0.6) is 0 Å². The van der Waals surface area contributed by atoms with Gasteiger partial charge in [0, 0.05) is 52.4 Å². The molecule has 0 radical (unpaired) electrons. The van der Waals surface area contributed by atoms with E-state index in [-0.39, 0.29) is 13.1 Å². The summed E-state index contributed by atoms with van der Waals surface area (Å²) in [5, 5.41) is 12.3. The average molecular weight is 240 g/mol. The van der Waals surface area contributed by atoms with Gasteiger partial charge in [-0.1, -0.05) is 0 Å². The third kappa shape index (κ3) is 3.34. The molecule has 2 aliphatic rings. The summed E-state index contributed by atoms with van der Waals surface area (Å²) in [5.74, 6) is 0. The molecule has 0 aromatic carbocycles. The van der Waals surface area contributed by atoms with Crippen molar-refractivity contribution >= 4 is 13.1 Å². The molecule has 0 aromatic rings. The van der Waals surface area contributed by atoms with Gasteiger partial charge < -0.3 is 20.1 Å². The molecule has 7 heteroatoms. The van der Waals surface area contributed by atoms with Gasteiger partial charge in [0.1, 0.15) is 0 Å². The number of carbonyl (C=O) groups excluding carboxylic acids is 1. The van der Waals surface area contributed by atoms with Crippen molar-refractivity contribution in [3.8, 4) is 0 Å². The van der Waals surface area contributed by atoms with Crippen molar-refractivity contribution in [1.29, 1.82) is 0 Å². The van der Waals surface area contributed by atoms with Gasteiger partial charge in [0.25, 0.3) is 0 Å². The maximum absolute atomic E-state index is 11.3. The van der Waals surface area contributed by atoms with E-state index in [1.54, 1.807) is 0 Å². The topological polar surface area (TPSA) is 59.1 Å². The second-order valence-electron chi connectivity index (χ2n) is 4.73. The third-order valence-corrected chi connectivity index (χ3v) is 3.57. The highest BCUT2D eigenvalue weighted by atomic mass is 16.2. The maximum Gasteiger partial charge on any atom is 0.376 e. The minimum absolute atomic E-state index is 0.0626. The molecule has 0 aliphatic carbocycles. The van der Waals surface area contributed by atoms with Gasteiger partial charge in [-0.15, -0.1) is 0 Å². The number of carbonyl (C=O) groups is 1. The Morgan fingerprint density at radius 3 is 2.47 bits per heavy atom. The van der Waals surface area contributed by atoms with Crippen molar-refractivity contribution in [3.63, 3.8) is 0 Å². The predicted molar refractivity (Wildman–Crippen MR) is 66.8 cm³/mol. The molecule has 2 fully saturated rings. The first-order valence-corrected chi connectivity index (χ1v) is 6.34. The molecule has 0 aromatic heterocycles. The number of nitrogens with one attached hydrogen (secondary N) is 1. The summed E-state index contributed by atoms with van der Waals surface area (Å²) in [6.45, 7) is 8.90. The molecule has 0 saturated carbocycles. The standard InChI is InChI=1S/C10H21BN4O2/c1-11(17)15-8-5-13(6-9-15)4-7-14-3-2-12-10(14)16/h17H,2-9H2,1H3,(H,12,16). The predicted octanol–water partition coefficient (Wildman–Crippen LogP) is -1.26. The molecule has 2 heterocycles. The lowest BCUT2D eigenvalue weighted by Gasteiger charge is -2.35. The monoisotopic (exact) mass is 240 g/mol. The molecular formula is C10H21BN4O2. The van der Waals surface area contributed by atoms with Crippen LogP contribution in [-0.2, 0) is 0 Å². The molecule has 2 amide bonds. The zero-order chi connectivity index (χ0) is 12.3. The fraction of sp³-hybridized carbons (Fsp3) is 0.900. The molecule has 0 unspecified atom stereocenters. The van der Waals surface area contributed by atoms with Gasteiger partial charge in [-0.3, -0.25) is 4.90 Å². The highest BCUT2D eigenvalue weighted by molar-refractivity contribution is 6.45. The van der Waals surface area contributed by atoms with Crippen LogP contribution >= 0.6 is 0 Å². The summed E-state index contributed by atoms with van der Waals surface area (Å²) in [4.78, 5) is 17.6. The molecule has 0 spiro atoms. The van der Waals surface area contributed by atoms with E-state index in [1.807, 2.05) is 11.7 Å². The number of hydrogen-bond acceptors (Lipinski definition) is 4. The van der Waals surface area contributed by atoms with E-state index in [0.29, 0.717) is 0 Å².